The van der Waals surface area contributed by atoms with Crippen molar-refractivity contribution in [2.75, 3.05) is 26.1 Å². The first-order valence-electron chi connectivity index (χ1n) is 10.2. The number of rotatable bonds is 8. The Hall–Kier alpha value is -3.12. The van der Waals surface area contributed by atoms with E-state index in [1.54, 1.807) is 50.4 Å². The molecule has 1 atom stereocenters. The lowest BCUT2D eigenvalue weighted by Gasteiger charge is -2.31. The molecule has 0 aromatic heterocycles. The predicted octanol–water partition coefficient (Wildman–Crippen LogP) is 4.08. The number of benzene rings is 2. The van der Waals surface area contributed by atoms with E-state index in [1.807, 2.05) is 6.07 Å². The number of ether oxygens (including phenoxy) is 3. The van der Waals surface area contributed by atoms with E-state index in [0.29, 0.717) is 40.2 Å². The number of hydrogen-bond acceptors (Lipinski definition) is 6. The lowest BCUT2D eigenvalue weighted by molar-refractivity contribution is -0.113. The Kier molecular flexibility index (Phi) is 8.51. The second kappa shape index (κ2) is 11.3. The van der Waals surface area contributed by atoms with E-state index < -0.39 is 17.9 Å². The molecule has 0 aliphatic carbocycles. The van der Waals surface area contributed by atoms with E-state index in [-0.39, 0.29) is 5.56 Å². The normalized spacial score (nSPS) is 15.1. The number of carbonyl (C=O) groups is 2. The number of allylic oxidation sites excluding steroid dienone is 1. The molecule has 10 heteroatoms. The summed E-state index contributed by atoms with van der Waals surface area (Å²) in [7, 11) is 2.84. The molecule has 0 saturated heterocycles. The summed E-state index contributed by atoms with van der Waals surface area (Å²) in [4.78, 5) is 25.6. The van der Waals surface area contributed by atoms with Crippen LogP contribution in [-0.4, -0.2) is 37.8 Å². The number of carbonyl (C=O) groups excluding carboxylic acids is 2. The highest BCUT2D eigenvalue weighted by Crippen LogP contribution is 2.38. The Balaban J connectivity index is 2.02. The number of amides is 1. The molecule has 1 unspecified atom stereocenters. The fourth-order valence-corrected chi connectivity index (χ4v) is 4.56. The molecule has 34 heavy (non-hydrogen) atoms. The van der Waals surface area contributed by atoms with E-state index >= 15 is 0 Å². The first kappa shape index (κ1) is 25.5. The van der Waals surface area contributed by atoms with Crippen LogP contribution in [0.15, 0.2) is 60.3 Å². The second-order valence-corrected chi connectivity index (χ2v) is 8.77. The molecule has 1 aliphatic heterocycles. The Labute approximate surface area is 216 Å². The third-order valence-electron chi connectivity index (χ3n) is 5.02. The summed E-state index contributed by atoms with van der Waals surface area (Å²) in [5.74, 6) is 0.154. The maximum atomic E-state index is 13.5. The number of methoxy groups -OCH3 is 2. The van der Waals surface area contributed by atoms with Crippen molar-refractivity contribution in [1.29, 1.82) is 0 Å². The van der Waals surface area contributed by atoms with E-state index in [2.05, 4.69) is 45.1 Å². The zero-order chi connectivity index (χ0) is 24.8. The highest BCUT2D eigenvalue weighted by Gasteiger charge is 2.31. The number of para-hydroxylation sites is 1. The lowest BCUT2D eigenvalue weighted by atomic mass is 9.94. The average Bonchev–Trinajstić information content (AvgIpc) is 2.82. The van der Waals surface area contributed by atoms with Gasteiger partial charge in [0.15, 0.2) is 16.6 Å². The number of anilines is 1. The summed E-state index contributed by atoms with van der Waals surface area (Å²) in [6, 6.07) is 9.77. The molecule has 178 valence electrons. The van der Waals surface area contributed by atoms with Gasteiger partial charge in [-0.2, -0.15) is 0 Å². The predicted molar refractivity (Wildman–Crippen MR) is 142 cm³/mol. The van der Waals surface area contributed by atoms with E-state index in [1.165, 1.54) is 7.11 Å². The van der Waals surface area contributed by atoms with Crippen LogP contribution >= 0.6 is 34.8 Å². The van der Waals surface area contributed by atoms with Crippen molar-refractivity contribution in [2.45, 2.75) is 13.0 Å². The van der Waals surface area contributed by atoms with Gasteiger partial charge in [0, 0.05) is 5.70 Å². The van der Waals surface area contributed by atoms with E-state index in [4.69, 9.17) is 26.4 Å². The van der Waals surface area contributed by atoms with Gasteiger partial charge in [0.2, 0.25) is 0 Å². The van der Waals surface area contributed by atoms with Crippen LogP contribution in [0, 0.1) is 3.57 Å². The maximum absolute atomic E-state index is 13.5. The lowest BCUT2D eigenvalue weighted by Crippen LogP contribution is -2.45. The summed E-state index contributed by atoms with van der Waals surface area (Å²) < 4.78 is 16.9. The molecule has 0 saturated carbocycles. The highest BCUT2D eigenvalue weighted by molar-refractivity contribution is 14.1. The van der Waals surface area contributed by atoms with Crippen molar-refractivity contribution in [3.63, 3.8) is 0 Å². The molecule has 0 spiro atoms. The van der Waals surface area contributed by atoms with E-state index in [9.17, 15) is 9.59 Å². The molecule has 1 aliphatic rings. The quantitative estimate of drug-likeness (QED) is 0.183. The zero-order valence-electron chi connectivity index (χ0n) is 18.9. The van der Waals surface area contributed by atoms with Crippen molar-refractivity contribution < 1.29 is 23.8 Å². The Morgan fingerprint density at radius 2 is 2.00 bits per heavy atom. The maximum Gasteiger partial charge on any atom is 0.339 e. The molecule has 0 radical (unpaired) electrons. The first-order valence-corrected chi connectivity index (χ1v) is 11.7. The van der Waals surface area contributed by atoms with Crippen molar-refractivity contribution in [1.82, 2.24) is 10.6 Å². The van der Waals surface area contributed by atoms with Crippen LogP contribution in [-0.2, 0) is 9.53 Å². The van der Waals surface area contributed by atoms with Gasteiger partial charge in [0.1, 0.15) is 6.61 Å². The molecule has 8 nitrogen and oxygen atoms in total. The van der Waals surface area contributed by atoms with E-state index in [0.717, 1.165) is 9.13 Å². The van der Waals surface area contributed by atoms with Gasteiger partial charge < -0.3 is 30.2 Å². The fourth-order valence-electron chi connectivity index (χ4n) is 3.50. The molecule has 2 aromatic rings. The van der Waals surface area contributed by atoms with Crippen LogP contribution in [0.3, 0.4) is 0 Å². The third kappa shape index (κ3) is 5.50. The minimum Gasteiger partial charge on any atom is -0.493 e. The van der Waals surface area contributed by atoms with Crippen molar-refractivity contribution in [2.24, 2.45) is 0 Å². The molecular weight excluding hydrogens is 569 g/mol. The molecule has 1 amide bonds. The zero-order valence-corrected chi connectivity index (χ0v) is 21.8. The molecule has 3 rings (SSSR count). The Morgan fingerprint density at radius 1 is 1.26 bits per heavy atom. The Bertz CT molecular complexity index is 1180. The molecular formula is C24H24IN3O5S. The summed E-state index contributed by atoms with van der Waals surface area (Å²) in [5.41, 5.74) is 2.34. The van der Waals surface area contributed by atoms with Gasteiger partial charge in [-0.3, -0.25) is 4.79 Å². The number of halogens is 1. The average molecular weight is 593 g/mol. The highest BCUT2D eigenvalue weighted by atomic mass is 127. The van der Waals surface area contributed by atoms with Crippen molar-refractivity contribution >= 4 is 57.5 Å². The molecule has 0 bridgehead atoms. The van der Waals surface area contributed by atoms with Crippen LogP contribution in [0.5, 0.6) is 11.5 Å². The van der Waals surface area contributed by atoms with Gasteiger partial charge in [-0.1, -0.05) is 24.8 Å². The van der Waals surface area contributed by atoms with Crippen LogP contribution in [0.1, 0.15) is 28.9 Å². The minimum absolute atomic E-state index is 0.250. The number of hydrogen-bond donors (Lipinski definition) is 3. The van der Waals surface area contributed by atoms with Gasteiger partial charge in [-0.05, 0) is 71.6 Å². The molecule has 0 fully saturated rings. The Morgan fingerprint density at radius 3 is 2.68 bits per heavy atom. The van der Waals surface area contributed by atoms with Gasteiger partial charge in [0.05, 0.1) is 40.7 Å². The SMILES string of the molecule is C=CCOc1c(I)cc(C2NC(=S)NC(C)=C2C(=O)Nc2ccccc2C(=O)OC)cc1OC. The smallest absolute Gasteiger partial charge is 0.339 e. The third-order valence-corrected chi connectivity index (χ3v) is 6.05. The van der Waals surface area contributed by atoms with Crippen molar-refractivity contribution in [3.05, 3.63) is 75.0 Å². The number of nitrogens with one attached hydrogen (secondary N) is 3. The van der Waals surface area contributed by atoms with Crippen LogP contribution in [0.4, 0.5) is 5.69 Å². The second-order valence-electron chi connectivity index (χ2n) is 7.20. The first-order chi connectivity index (χ1) is 16.3. The molecule has 1 heterocycles. The number of thiocarbonyl (C=S) groups is 1. The summed E-state index contributed by atoms with van der Waals surface area (Å²) in [6.45, 7) is 5.77. The molecule has 3 N–H and O–H groups in total. The van der Waals surface area contributed by atoms with Gasteiger partial charge >= 0.3 is 5.97 Å². The van der Waals surface area contributed by atoms with Crippen LogP contribution < -0.4 is 25.4 Å². The fraction of sp³-hybridized carbons (Fsp3) is 0.208. The van der Waals surface area contributed by atoms with Crippen LogP contribution in [0.2, 0.25) is 0 Å². The summed E-state index contributed by atoms with van der Waals surface area (Å²) in [5, 5.41) is 9.39. The molecule has 2 aromatic carbocycles. The topological polar surface area (TPSA) is 97.9 Å². The minimum atomic E-state index is -0.574. The van der Waals surface area contributed by atoms with Gasteiger partial charge in [-0.15, -0.1) is 0 Å². The largest absolute Gasteiger partial charge is 0.493 e. The standard InChI is InChI=1S/C24H24IN3O5S/c1-5-10-33-21-16(25)11-14(12-18(21)31-3)20-19(13(2)26-24(34)28-20)22(29)27-17-9-7-6-8-15(17)23(30)32-4/h5-9,11-12,20H,1,10H2,2-4H3,(H,27,29)(H2,26,28,34). The van der Waals surface area contributed by atoms with Crippen LogP contribution in [0.25, 0.3) is 0 Å². The van der Waals surface area contributed by atoms with Gasteiger partial charge in [0.25, 0.3) is 5.91 Å². The summed E-state index contributed by atoms with van der Waals surface area (Å²) >= 11 is 7.52. The van der Waals surface area contributed by atoms with Gasteiger partial charge in [-0.25, -0.2) is 4.79 Å². The monoisotopic (exact) mass is 593 g/mol. The number of esters is 1. The van der Waals surface area contributed by atoms with Crippen molar-refractivity contribution in [3.8, 4) is 11.5 Å². The summed E-state index contributed by atoms with van der Waals surface area (Å²) in [6.07, 6.45) is 1.65.